The zero-order valence-corrected chi connectivity index (χ0v) is 27.3. The van der Waals surface area contributed by atoms with Crippen LogP contribution < -0.4 is 10.1 Å². The van der Waals surface area contributed by atoms with Gasteiger partial charge in [-0.05, 0) is 130 Å². The molecule has 9 unspecified atom stereocenters. The number of benzene rings is 1. The predicted molar refractivity (Wildman–Crippen MR) is 172 cm³/mol. The second-order valence-electron chi connectivity index (χ2n) is 15.7. The molecule has 1 aromatic rings. The lowest BCUT2D eigenvalue weighted by Gasteiger charge is -2.36. The molecule has 1 amide bonds. The van der Waals surface area contributed by atoms with E-state index >= 15 is 0 Å². The highest BCUT2D eigenvalue weighted by Gasteiger charge is 2.78. The van der Waals surface area contributed by atoms with Gasteiger partial charge in [0.2, 0.25) is 5.91 Å². The first kappa shape index (κ1) is 31.9. The SMILES string of the molecule is CCC1CCCC2(C(=O)NCCc3cccc(OCCCCC(=O)O)c3)CCCC2CCC2CC23CCC(O)C2(C)C(C1)C32. The molecule has 3 N–H and O–H groups in total. The molecule has 0 aliphatic heterocycles. The van der Waals surface area contributed by atoms with Crippen LogP contribution in [0.15, 0.2) is 24.3 Å². The summed E-state index contributed by atoms with van der Waals surface area (Å²) in [5.41, 5.74) is 1.59. The summed E-state index contributed by atoms with van der Waals surface area (Å²) >= 11 is 0. The third-order valence-electron chi connectivity index (χ3n) is 13.6. The van der Waals surface area contributed by atoms with Crippen LogP contribution in [0.3, 0.4) is 0 Å². The molecule has 0 bridgehead atoms. The molecule has 5 fully saturated rings. The molecule has 9 atom stereocenters. The zero-order valence-electron chi connectivity index (χ0n) is 27.3. The number of carboxylic acid groups (broad SMARTS) is 1. The van der Waals surface area contributed by atoms with Gasteiger partial charge in [-0.2, -0.15) is 0 Å². The third-order valence-corrected chi connectivity index (χ3v) is 13.6. The molecule has 44 heavy (non-hydrogen) atoms. The lowest BCUT2D eigenvalue weighted by atomic mass is 9.70. The number of ether oxygens (including phenoxy) is 1. The van der Waals surface area contributed by atoms with Crippen LogP contribution in [0.25, 0.3) is 0 Å². The number of hydrogen-bond donors (Lipinski definition) is 3. The van der Waals surface area contributed by atoms with E-state index in [1.165, 1.54) is 57.8 Å². The summed E-state index contributed by atoms with van der Waals surface area (Å²) in [6.45, 7) is 5.93. The van der Waals surface area contributed by atoms with Crippen molar-refractivity contribution in [3.8, 4) is 5.75 Å². The van der Waals surface area contributed by atoms with Gasteiger partial charge in [-0.3, -0.25) is 9.59 Å². The Morgan fingerprint density at radius 1 is 1.02 bits per heavy atom. The monoisotopic (exact) mass is 607 g/mol. The lowest BCUT2D eigenvalue weighted by molar-refractivity contribution is -0.137. The molecule has 6 heteroatoms. The fourth-order valence-corrected chi connectivity index (χ4v) is 11.0. The van der Waals surface area contributed by atoms with E-state index in [2.05, 4.69) is 31.3 Å². The minimum absolute atomic E-state index is 0.105. The maximum atomic E-state index is 14.1. The smallest absolute Gasteiger partial charge is 0.303 e. The number of hydrogen-bond acceptors (Lipinski definition) is 4. The minimum Gasteiger partial charge on any atom is -0.494 e. The Balaban J connectivity index is 1.07. The second kappa shape index (κ2) is 13.0. The average molecular weight is 608 g/mol. The van der Waals surface area contributed by atoms with Crippen molar-refractivity contribution in [3.63, 3.8) is 0 Å². The molecule has 1 aromatic carbocycles. The van der Waals surface area contributed by atoms with E-state index in [9.17, 15) is 14.7 Å². The summed E-state index contributed by atoms with van der Waals surface area (Å²) in [6.07, 6.45) is 17.5. The number of nitrogens with one attached hydrogen (secondary N) is 1. The van der Waals surface area contributed by atoms with E-state index in [4.69, 9.17) is 9.84 Å². The van der Waals surface area contributed by atoms with Crippen molar-refractivity contribution in [1.29, 1.82) is 0 Å². The Morgan fingerprint density at radius 2 is 1.82 bits per heavy atom. The van der Waals surface area contributed by atoms with Gasteiger partial charge in [-0.15, -0.1) is 0 Å². The van der Waals surface area contributed by atoms with Gasteiger partial charge in [-0.25, -0.2) is 0 Å². The molecule has 0 radical (unpaired) electrons. The molecule has 5 aliphatic rings. The molecular weight excluding hydrogens is 550 g/mol. The molecule has 5 saturated carbocycles. The Kier molecular flexibility index (Phi) is 9.40. The number of carboxylic acids is 1. The van der Waals surface area contributed by atoms with Crippen LogP contribution in [0, 0.1) is 45.8 Å². The Morgan fingerprint density at radius 3 is 2.61 bits per heavy atom. The number of carbonyl (C=O) groups is 2. The largest absolute Gasteiger partial charge is 0.494 e. The first-order valence-corrected chi connectivity index (χ1v) is 18.1. The van der Waals surface area contributed by atoms with Crippen LogP contribution in [-0.4, -0.2) is 41.3 Å². The first-order valence-electron chi connectivity index (χ1n) is 18.1. The van der Waals surface area contributed by atoms with Gasteiger partial charge in [0.25, 0.3) is 0 Å². The lowest BCUT2D eigenvalue weighted by Crippen LogP contribution is -2.44. The fourth-order valence-electron chi connectivity index (χ4n) is 11.0. The van der Waals surface area contributed by atoms with Gasteiger partial charge < -0.3 is 20.3 Å². The van der Waals surface area contributed by atoms with Crippen molar-refractivity contribution in [3.05, 3.63) is 29.8 Å². The maximum Gasteiger partial charge on any atom is 0.303 e. The van der Waals surface area contributed by atoms with Crippen molar-refractivity contribution in [1.82, 2.24) is 5.32 Å². The van der Waals surface area contributed by atoms with Crippen LogP contribution in [0.5, 0.6) is 5.75 Å². The van der Waals surface area contributed by atoms with Crippen molar-refractivity contribution in [2.75, 3.05) is 13.2 Å². The number of carbonyl (C=O) groups excluding carboxylic acids is 1. The van der Waals surface area contributed by atoms with Crippen LogP contribution >= 0.6 is 0 Å². The summed E-state index contributed by atoms with van der Waals surface area (Å²) in [6, 6.07) is 8.09. The molecule has 1 spiro atoms. The first-order chi connectivity index (χ1) is 21.2. The Hall–Kier alpha value is -2.08. The van der Waals surface area contributed by atoms with Gasteiger partial charge in [0.1, 0.15) is 5.75 Å². The maximum absolute atomic E-state index is 14.1. The number of amides is 1. The molecule has 0 saturated heterocycles. The van der Waals surface area contributed by atoms with E-state index in [1.807, 2.05) is 12.1 Å². The number of rotatable bonds is 11. The average Bonchev–Trinajstić information content (AvgIpc) is 3.80. The summed E-state index contributed by atoms with van der Waals surface area (Å²) in [5, 5.41) is 23.3. The number of aliphatic hydroxyl groups is 1. The summed E-state index contributed by atoms with van der Waals surface area (Å²) in [7, 11) is 0. The third kappa shape index (κ3) is 6.06. The molecular formula is C38H57NO5. The minimum atomic E-state index is -0.764. The van der Waals surface area contributed by atoms with Crippen molar-refractivity contribution < 1.29 is 24.5 Å². The summed E-state index contributed by atoms with van der Waals surface area (Å²) in [4.78, 5) is 24.9. The topological polar surface area (TPSA) is 95.9 Å². The molecule has 0 aromatic heterocycles. The van der Waals surface area contributed by atoms with E-state index < -0.39 is 5.97 Å². The standard InChI is InChI=1S/C38H57NO5/c1-3-26-10-7-18-37(35(43)39-21-17-27-9-6-12-30(23-27)44-22-5-4-13-33(41)42)19-8-11-28(37)14-15-29-25-38(29)20-16-32(40)36(2)31(24-26)34(36)38/h6,9,12,23,26,28-29,31-32,34,40H,3-5,7-8,10-11,13-22,24-25H2,1-2H3,(H,39,43)(H,41,42). The van der Waals surface area contributed by atoms with Gasteiger partial charge in [0, 0.05) is 18.4 Å². The van der Waals surface area contributed by atoms with Crippen LogP contribution in [-0.2, 0) is 16.0 Å². The van der Waals surface area contributed by atoms with E-state index in [0.29, 0.717) is 48.6 Å². The second-order valence-corrected chi connectivity index (χ2v) is 15.7. The molecule has 0 heterocycles. The van der Waals surface area contributed by atoms with Crippen molar-refractivity contribution >= 4 is 11.9 Å². The van der Waals surface area contributed by atoms with Crippen molar-refractivity contribution in [2.45, 2.75) is 129 Å². The quantitative estimate of drug-likeness (QED) is 0.226. The van der Waals surface area contributed by atoms with E-state index in [-0.39, 0.29) is 23.4 Å². The van der Waals surface area contributed by atoms with Gasteiger partial charge >= 0.3 is 5.97 Å². The van der Waals surface area contributed by atoms with Gasteiger partial charge in [0.15, 0.2) is 0 Å². The summed E-state index contributed by atoms with van der Waals surface area (Å²) < 4.78 is 5.86. The van der Waals surface area contributed by atoms with Gasteiger partial charge in [0.05, 0.1) is 18.1 Å². The number of fused-ring (bicyclic) bond motifs is 2. The Labute approximate surface area is 265 Å². The molecule has 244 valence electrons. The van der Waals surface area contributed by atoms with E-state index in [1.54, 1.807) is 0 Å². The van der Waals surface area contributed by atoms with Crippen molar-refractivity contribution in [2.24, 2.45) is 45.8 Å². The highest BCUT2D eigenvalue weighted by molar-refractivity contribution is 5.83. The van der Waals surface area contributed by atoms with Crippen LogP contribution in [0.2, 0.25) is 0 Å². The predicted octanol–water partition coefficient (Wildman–Crippen LogP) is 7.56. The van der Waals surface area contributed by atoms with E-state index in [0.717, 1.165) is 61.7 Å². The van der Waals surface area contributed by atoms with Crippen LogP contribution in [0.1, 0.15) is 122 Å². The number of aliphatic hydroxyl groups excluding tert-OH is 1. The molecule has 6 nitrogen and oxygen atoms in total. The molecule has 6 rings (SSSR count). The summed E-state index contributed by atoms with van der Waals surface area (Å²) in [5.74, 6) is 3.78. The highest BCUT2D eigenvalue weighted by Crippen LogP contribution is 2.83. The Bertz CT molecular complexity index is 1190. The molecule has 5 aliphatic carbocycles. The van der Waals surface area contributed by atoms with Gasteiger partial charge in [-0.1, -0.05) is 51.7 Å². The van der Waals surface area contributed by atoms with Crippen LogP contribution in [0.4, 0.5) is 0 Å². The zero-order chi connectivity index (χ0) is 31.0. The number of unbranched alkanes of at least 4 members (excludes halogenated alkanes) is 1. The fraction of sp³-hybridized carbons (Fsp3) is 0.789. The normalized spacial score (nSPS) is 39.3. The highest BCUT2D eigenvalue weighted by atomic mass is 16.5. The number of aliphatic carboxylic acids is 1.